The number of primary amides is 1. The van der Waals surface area contributed by atoms with Crippen molar-refractivity contribution in [2.45, 2.75) is 25.8 Å². The van der Waals surface area contributed by atoms with Gasteiger partial charge in [-0.25, -0.2) is 8.91 Å². The van der Waals surface area contributed by atoms with E-state index in [0.717, 1.165) is 16.6 Å². The predicted octanol–water partition coefficient (Wildman–Crippen LogP) is 3.45. The van der Waals surface area contributed by atoms with Gasteiger partial charge in [-0.05, 0) is 49.4 Å². The average molecular weight is 338 g/mol. The van der Waals surface area contributed by atoms with Gasteiger partial charge in [-0.3, -0.25) is 4.79 Å². The molecule has 25 heavy (non-hydrogen) atoms. The number of nitrogens with two attached hydrogens (primary N) is 1. The molecular formula is C19H19FN4O. The number of anilines is 1. The predicted molar refractivity (Wildman–Crippen MR) is 94.9 cm³/mol. The zero-order valence-electron chi connectivity index (χ0n) is 13.9. The number of benzene rings is 1. The number of amides is 1. The molecule has 4 rings (SSSR count). The van der Waals surface area contributed by atoms with Crippen LogP contribution in [0.15, 0.2) is 42.7 Å². The second-order valence-corrected chi connectivity index (χ2v) is 6.63. The maximum atomic E-state index is 13.2. The van der Waals surface area contributed by atoms with E-state index >= 15 is 0 Å². The second-order valence-electron chi connectivity index (χ2n) is 6.63. The van der Waals surface area contributed by atoms with Gasteiger partial charge in [0.05, 0.1) is 23.0 Å². The van der Waals surface area contributed by atoms with E-state index in [1.807, 2.05) is 12.3 Å². The van der Waals surface area contributed by atoms with Gasteiger partial charge in [-0.2, -0.15) is 5.10 Å². The van der Waals surface area contributed by atoms with Gasteiger partial charge in [0.1, 0.15) is 5.82 Å². The normalized spacial score (nSPS) is 15.3. The van der Waals surface area contributed by atoms with Crippen LogP contribution in [-0.2, 0) is 0 Å². The Kier molecular flexibility index (Phi) is 3.67. The molecule has 0 aliphatic heterocycles. The lowest BCUT2D eigenvalue weighted by Crippen LogP contribution is -2.22. The molecule has 1 atom stereocenters. The molecule has 1 aliphatic carbocycles. The van der Waals surface area contributed by atoms with E-state index in [4.69, 9.17) is 5.73 Å². The highest BCUT2D eigenvalue weighted by Gasteiger charge is 2.29. The molecule has 1 aliphatic rings. The van der Waals surface area contributed by atoms with E-state index in [-0.39, 0.29) is 11.9 Å². The van der Waals surface area contributed by atoms with Gasteiger partial charge in [0.25, 0.3) is 5.91 Å². The van der Waals surface area contributed by atoms with Crippen molar-refractivity contribution in [2.75, 3.05) is 5.32 Å². The maximum absolute atomic E-state index is 13.2. The molecule has 2 heterocycles. The molecule has 0 saturated heterocycles. The van der Waals surface area contributed by atoms with Crippen molar-refractivity contribution < 1.29 is 9.18 Å². The fourth-order valence-electron chi connectivity index (χ4n) is 3.14. The molecule has 5 nitrogen and oxygen atoms in total. The molecule has 1 fully saturated rings. The molecule has 0 unspecified atom stereocenters. The molecule has 6 heteroatoms. The lowest BCUT2D eigenvalue weighted by atomic mass is 10.1. The van der Waals surface area contributed by atoms with Crippen molar-refractivity contribution in [1.82, 2.24) is 9.61 Å². The molecule has 1 saturated carbocycles. The Bertz CT molecular complexity index is 944. The van der Waals surface area contributed by atoms with Crippen molar-refractivity contribution in [3.05, 3.63) is 54.1 Å². The summed E-state index contributed by atoms with van der Waals surface area (Å²) in [5.74, 6) is -0.159. The number of carbonyl (C=O) groups excluding carboxylic acids is 1. The molecule has 1 aromatic carbocycles. The lowest BCUT2D eigenvalue weighted by Gasteiger charge is -2.17. The van der Waals surface area contributed by atoms with Gasteiger partial charge in [-0.15, -0.1) is 0 Å². The van der Waals surface area contributed by atoms with Crippen LogP contribution in [0.1, 0.15) is 30.1 Å². The van der Waals surface area contributed by atoms with E-state index in [2.05, 4.69) is 17.3 Å². The average Bonchev–Trinajstić information content (AvgIpc) is 3.34. The number of hydrogen-bond donors (Lipinski definition) is 2. The Morgan fingerprint density at radius 3 is 2.68 bits per heavy atom. The minimum absolute atomic E-state index is 0.258. The van der Waals surface area contributed by atoms with E-state index in [9.17, 15) is 9.18 Å². The van der Waals surface area contributed by atoms with E-state index in [1.165, 1.54) is 31.2 Å². The monoisotopic (exact) mass is 338 g/mol. The summed E-state index contributed by atoms with van der Waals surface area (Å²) < 4.78 is 14.9. The van der Waals surface area contributed by atoms with Crippen molar-refractivity contribution >= 4 is 17.1 Å². The number of nitrogens with zero attached hydrogens (tertiary/aromatic N) is 2. The molecule has 3 aromatic rings. The van der Waals surface area contributed by atoms with Crippen LogP contribution in [-0.4, -0.2) is 21.6 Å². The third-order valence-corrected chi connectivity index (χ3v) is 4.78. The highest BCUT2D eigenvalue weighted by molar-refractivity contribution is 6.02. The van der Waals surface area contributed by atoms with Crippen LogP contribution >= 0.6 is 0 Å². The van der Waals surface area contributed by atoms with Crippen LogP contribution in [0.2, 0.25) is 0 Å². The standard InChI is InChI=1S/C19H19FN4O/c1-11(12-2-3-12)23-18-16(19(21)25)9-22-24-10-14(8-17(18)24)13-4-6-15(20)7-5-13/h4-12,23H,2-3H2,1H3,(H2,21,25)/t11-/m1/s1. The van der Waals surface area contributed by atoms with Crippen molar-refractivity contribution in [1.29, 1.82) is 0 Å². The minimum Gasteiger partial charge on any atom is -0.380 e. The molecule has 3 N–H and O–H groups in total. The van der Waals surface area contributed by atoms with Crippen molar-refractivity contribution in [3.63, 3.8) is 0 Å². The number of aromatic nitrogens is 2. The first-order valence-corrected chi connectivity index (χ1v) is 8.36. The summed E-state index contributed by atoms with van der Waals surface area (Å²) in [5.41, 5.74) is 9.18. The molecule has 1 amide bonds. The summed E-state index contributed by atoms with van der Waals surface area (Å²) in [4.78, 5) is 11.8. The first-order valence-electron chi connectivity index (χ1n) is 8.36. The van der Waals surface area contributed by atoms with Crippen molar-refractivity contribution in [2.24, 2.45) is 11.7 Å². The van der Waals surface area contributed by atoms with Crippen LogP contribution in [0.3, 0.4) is 0 Å². The Morgan fingerprint density at radius 1 is 1.32 bits per heavy atom. The van der Waals surface area contributed by atoms with Gasteiger partial charge in [-0.1, -0.05) is 12.1 Å². The van der Waals surface area contributed by atoms with E-state index < -0.39 is 5.91 Å². The Morgan fingerprint density at radius 2 is 2.04 bits per heavy atom. The van der Waals surface area contributed by atoms with Crippen LogP contribution < -0.4 is 11.1 Å². The Hall–Kier alpha value is -2.89. The van der Waals surface area contributed by atoms with Crippen LogP contribution in [0.5, 0.6) is 0 Å². The van der Waals surface area contributed by atoms with Gasteiger partial charge in [0.2, 0.25) is 0 Å². The number of halogens is 1. The zero-order chi connectivity index (χ0) is 17.6. The number of carbonyl (C=O) groups is 1. The van der Waals surface area contributed by atoms with Crippen LogP contribution in [0.4, 0.5) is 10.1 Å². The number of rotatable bonds is 5. The number of nitrogens with one attached hydrogen (secondary N) is 1. The first-order chi connectivity index (χ1) is 12.0. The molecule has 2 aromatic heterocycles. The molecular weight excluding hydrogens is 319 g/mol. The SMILES string of the molecule is C[C@@H](Nc1c(C(N)=O)cnn2cc(-c3ccc(F)cc3)cc12)C1CC1. The molecule has 0 bridgehead atoms. The highest BCUT2D eigenvalue weighted by atomic mass is 19.1. The fraction of sp³-hybridized carbons (Fsp3) is 0.263. The highest BCUT2D eigenvalue weighted by Crippen LogP contribution is 2.36. The van der Waals surface area contributed by atoms with Gasteiger partial charge < -0.3 is 11.1 Å². The van der Waals surface area contributed by atoms with Crippen LogP contribution in [0, 0.1) is 11.7 Å². The van der Waals surface area contributed by atoms with Gasteiger partial charge in [0, 0.05) is 17.8 Å². The second kappa shape index (κ2) is 5.88. The molecule has 0 spiro atoms. The fourth-order valence-corrected chi connectivity index (χ4v) is 3.14. The largest absolute Gasteiger partial charge is 0.380 e. The minimum atomic E-state index is -0.509. The van der Waals surface area contributed by atoms with Gasteiger partial charge in [0.15, 0.2) is 0 Å². The summed E-state index contributed by atoms with van der Waals surface area (Å²) in [7, 11) is 0. The zero-order valence-corrected chi connectivity index (χ0v) is 13.9. The molecule has 128 valence electrons. The topological polar surface area (TPSA) is 72.4 Å². The van der Waals surface area contributed by atoms with E-state index in [0.29, 0.717) is 17.2 Å². The summed E-state index contributed by atoms with van der Waals surface area (Å²) in [6, 6.07) is 8.49. The Labute approximate surface area is 144 Å². The first kappa shape index (κ1) is 15.6. The molecule has 0 radical (unpaired) electrons. The summed E-state index contributed by atoms with van der Waals surface area (Å²) in [6.07, 6.45) is 5.75. The third-order valence-electron chi connectivity index (χ3n) is 4.78. The van der Waals surface area contributed by atoms with Gasteiger partial charge >= 0.3 is 0 Å². The van der Waals surface area contributed by atoms with Crippen molar-refractivity contribution in [3.8, 4) is 11.1 Å². The summed E-state index contributed by atoms with van der Waals surface area (Å²) >= 11 is 0. The summed E-state index contributed by atoms with van der Waals surface area (Å²) in [5, 5.41) is 7.75. The van der Waals surface area contributed by atoms with Crippen LogP contribution in [0.25, 0.3) is 16.6 Å². The summed E-state index contributed by atoms with van der Waals surface area (Å²) in [6.45, 7) is 2.11. The number of hydrogen-bond acceptors (Lipinski definition) is 3. The van der Waals surface area contributed by atoms with E-state index in [1.54, 1.807) is 16.6 Å². The number of fused-ring (bicyclic) bond motifs is 1. The maximum Gasteiger partial charge on any atom is 0.252 e. The smallest absolute Gasteiger partial charge is 0.252 e. The quantitative estimate of drug-likeness (QED) is 0.748. The lowest BCUT2D eigenvalue weighted by molar-refractivity contribution is 0.100. The Balaban J connectivity index is 1.82. The third kappa shape index (κ3) is 2.95.